The van der Waals surface area contributed by atoms with E-state index in [-0.39, 0.29) is 8.81 Å². The van der Waals surface area contributed by atoms with Crippen LogP contribution in [-0.2, 0) is 6.16 Å². The molecule has 4 nitrogen and oxygen atoms in total. The Kier molecular flexibility index (Phi) is 2.68. The Balaban J connectivity index is 2.23. The van der Waals surface area contributed by atoms with Gasteiger partial charge in [0.2, 0.25) is 0 Å². The van der Waals surface area contributed by atoms with Crippen LogP contribution in [-0.4, -0.2) is 15.0 Å². The second-order valence-electron chi connectivity index (χ2n) is 2.33. The summed E-state index contributed by atoms with van der Waals surface area (Å²) in [6.45, 7) is 0. The molecule has 2 rings (SSSR count). The summed E-state index contributed by atoms with van der Waals surface area (Å²) in [6.07, 6.45) is 0.467. The van der Waals surface area contributed by atoms with Crippen molar-refractivity contribution >= 4 is 20.1 Å². The van der Waals surface area contributed by atoms with E-state index in [2.05, 4.69) is 10.1 Å². The first kappa shape index (κ1) is 8.81. The largest absolute Gasteiger partial charge is 0.377 e. The zero-order valence-electron chi connectivity index (χ0n) is 6.60. The fourth-order valence-corrected chi connectivity index (χ4v) is 1.83. The van der Waals surface area contributed by atoms with E-state index in [1.165, 1.54) is 0 Å². The minimum Gasteiger partial charge on any atom is -0.377 e. The van der Waals surface area contributed by atoms with Crippen molar-refractivity contribution in [2.75, 3.05) is 0 Å². The van der Waals surface area contributed by atoms with Gasteiger partial charge in [-0.25, -0.2) is 0 Å². The first-order valence-electron chi connectivity index (χ1n) is 3.63. The highest BCUT2D eigenvalue weighted by Crippen LogP contribution is 2.23. The number of aromatic nitrogens is 2. The summed E-state index contributed by atoms with van der Waals surface area (Å²) >= 11 is 1.55. The molecule has 13 heavy (non-hydrogen) atoms. The standard InChI is InChI=1S/C7H7N2O2PS/c10-12-4-6-8-7(11-9-6)5-2-1-3-13-5/h1-3,10,12H,4H2. The number of rotatable bonds is 3. The SMILES string of the molecule is OPCc1noc(-c2cccs2)n1. The highest BCUT2D eigenvalue weighted by molar-refractivity contribution is 7.30. The molecule has 2 aromatic rings. The Bertz CT molecular complexity index is 374. The Morgan fingerprint density at radius 2 is 2.54 bits per heavy atom. The van der Waals surface area contributed by atoms with Gasteiger partial charge in [0.15, 0.2) is 5.82 Å². The maximum absolute atomic E-state index is 8.67. The van der Waals surface area contributed by atoms with Gasteiger partial charge in [-0.3, -0.25) is 0 Å². The molecule has 0 radical (unpaired) electrons. The van der Waals surface area contributed by atoms with Gasteiger partial charge in [-0.05, 0) is 11.4 Å². The van der Waals surface area contributed by atoms with Crippen LogP contribution in [0.5, 0.6) is 0 Å². The van der Waals surface area contributed by atoms with Crippen molar-refractivity contribution in [3.05, 3.63) is 23.3 Å². The molecule has 0 aliphatic heterocycles. The quantitative estimate of drug-likeness (QED) is 0.792. The molecular weight excluding hydrogens is 207 g/mol. The topological polar surface area (TPSA) is 59.2 Å². The van der Waals surface area contributed by atoms with E-state index in [0.29, 0.717) is 17.9 Å². The molecule has 0 saturated carbocycles. The lowest BCUT2D eigenvalue weighted by Crippen LogP contribution is -1.80. The van der Waals surface area contributed by atoms with Gasteiger partial charge in [0.05, 0.1) is 11.0 Å². The van der Waals surface area contributed by atoms with Crippen LogP contribution in [0.25, 0.3) is 10.8 Å². The molecule has 0 bridgehead atoms. The number of hydrogen-bond donors (Lipinski definition) is 1. The lowest BCUT2D eigenvalue weighted by Gasteiger charge is -1.83. The van der Waals surface area contributed by atoms with E-state index < -0.39 is 0 Å². The van der Waals surface area contributed by atoms with Crippen molar-refractivity contribution in [2.24, 2.45) is 0 Å². The number of nitrogens with zero attached hydrogens (tertiary/aromatic N) is 2. The molecule has 6 heteroatoms. The van der Waals surface area contributed by atoms with Crippen LogP contribution in [0.15, 0.2) is 22.0 Å². The van der Waals surface area contributed by atoms with Crippen LogP contribution >= 0.6 is 20.1 Å². The van der Waals surface area contributed by atoms with Gasteiger partial charge in [-0.15, -0.1) is 11.3 Å². The fourth-order valence-electron chi connectivity index (χ4n) is 0.897. The summed E-state index contributed by atoms with van der Waals surface area (Å²) in [5.74, 6) is 1.09. The Morgan fingerprint density at radius 3 is 3.23 bits per heavy atom. The van der Waals surface area contributed by atoms with Crippen LogP contribution in [0, 0.1) is 0 Å². The normalized spacial score (nSPS) is 11.5. The van der Waals surface area contributed by atoms with E-state index in [4.69, 9.17) is 9.42 Å². The van der Waals surface area contributed by atoms with Gasteiger partial charge in [0.25, 0.3) is 5.89 Å². The average molecular weight is 214 g/mol. The van der Waals surface area contributed by atoms with Gasteiger partial charge in [-0.1, -0.05) is 11.2 Å². The molecule has 0 saturated heterocycles. The lowest BCUT2D eigenvalue weighted by molar-refractivity contribution is 0.425. The lowest BCUT2D eigenvalue weighted by atomic mass is 10.5. The van der Waals surface area contributed by atoms with E-state index in [0.717, 1.165) is 4.88 Å². The smallest absolute Gasteiger partial charge is 0.267 e. The molecule has 0 aliphatic carbocycles. The number of thiophene rings is 1. The van der Waals surface area contributed by atoms with Gasteiger partial charge in [0, 0.05) is 8.81 Å². The third-order valence-corrected chi connectivity index (χ3v) is 2.77. The van der Waals surface area contributed by atoms with E-state index in [9.17, 15) is 0 Å². The average Bonchev–Trinajstić information content (AvgIpc) is 2.70. The molecule has 0 spiro atoms. The second-order valence-corrected chi connectivity index (χ2v) is 3.95. The van der Waals surface area contributed by atoms with Crippen molar-refractivity contribution < 1.29 is 9.42 Å². The molecule has 68 valence electrons. The summed E-state index contributed by atoms with van der Waals surface area (Å²) in [5.41, 5.74) is 0. The van der Waals surface area contributed by atoms with Gasteiger partial charge in [0.1, 0.15) is 0 Å². The molecule has 0 amide bonds. The Morgan fingerprint density at radius 1 is 1.62 bits per heavy atom. The van der Waals surface area contributed by atoms with Gasteiger partial charge in [-0.2, -0.15) is 4.98 Å². The summed E-state index contributed by atoms with van der Waals surface area (Å²) in [7, 11) is -0.168. The number of hydrogen-bond acceptors (Lipinski definition) is 5. The maximum atomic E-state index is 8.67. The van der Waals surface area contributed by atoms with Crippen LogP contribution in [0.4, 0.5) is 0 Å². The summed E-state index contributed by atoms with van der Waals surface area (Å²) in [6, 6.07) is 3.85. The van der Waals surface area contributed by atoms with Crippen molar-refractivity contribution in [2.45, 2.75) is 6.16 Å². The van der Waals surface area contributed by atoms with Crippen LogP contribution in [0.2, 0.25) is 0 Å². The predicted octanol–water partition coefficient (Wildman–Crippen LogP) is 1.88. The molecule has 1 atom stereocenters. The summed E-state index contributed by atoms with van der Waals surface area (Å²) < 4.78 is 5.00. The second kappa shape index (κ2) is 3.96. The molecule has 1 unspecified atom stereocenters. The zero-order valence-corrected chi connectivity index (χ0v) is 8.41. The van der Waals surface area contributed by atoms with Crippen LogP contribution < -0.4 is 0 Å². The monoisotopic (exact) mass is 214 g/mol. The minimum atomic E-state index is -0.168. The maximum Gasteiger partial charge on any atom is 0.267 e. The fraction of sp³-hybridized carbons (Fsp3) is 0.143. The predicted molar refractivity (Wildman–Crippen MR) is 51.8 cm³/mol. The van der Waals surface area contributed by atoms with E-state index in [1.54, 1.807) is 11.3 Å². The van der Waals surface area contributed by atoms with Crippen molar-refractivity contribution in [3.8, 4) is 10.8 Å². The van der Waals surface area contributed by atoms with E-state index >= 15 is 0 Å². The highest BCUT2D eigenvalue weighted by Gasteiger charge is 2.08. The summed E-state index contributed by atoms with van der Waals surface area (Å²) in [4.78, 5) is 13.7. The Hall–Kier alpha value is -0.770. The van der Waals surface area contributed by atoms with E-state index in [1.807, 2.05) is 17.5 Å². The molecule has 0 aromatic carbocycles. The molecule has 2 heterocycles. The van der Waals surface area contributed by atoms with Crippen LogP contribution in [0.3, 0.4) is 0 Å². The van der Waals surface area contributed by atoms with Crippen molar-refractivity contribution in [1.29, 1.82) is 0 Å². The molecule has 2 aromatic heterocycles. The van der Waals surface area contributed by atoms with Gasteiger partial charge < -0.3 is 9.42 Å². The third-order valence-electron chi connectivity index (χ3n) is 1.44. The van der Waals surface area contributed by atoms with Crippen LogP contribution in [0.1, 0.15) is 5.82 Å². The molecular formula is C7H7N2O2PS. The molecule has 0 aliphatic rings. The first-order valence-corrected chi connectivity index (χ1v) is 5.67. The zero-order chi connectivity index (χ0) is 9.10. The summed E-state index contributed by atoms with van der Waals surface area (Å²) in [5, 5.41) is 5.68. The molecule has 0 fully saturated rings. The molecule has 1 N–H and O–H groups in total. The van der Waals surface area contributed by atoms with Gasteiger partial charge >= 0.3 is 0 Å². The highest BCUT2D eigenvalue weighted by atomic mass is 32.1. The minimum absolute atomic E-state index is 0.168. The Labute approximate surface area is 80.5 Å². The van der Waals surface area contributed by atoms with Crippen molar-refractivity contribution in [3.63, 3.8) is 0 Å². The first-order chi connectivity index (χ1) is 6.40. The third kappa shape index (κ3) is 1.94. The van der Waals surface area contributed by atoms with Crippen molar-refractivity contribution in [1.82, 2.24) is 10.1 Å².